The number of fused-ring (bicyclic) bond motifs is 14. The molecule has 0 saturated carbocycles. The molecular weight excluding hydrogens is 1100 g/mol. The average molecular weight is 1150 g/mol. The number of benzene rings is 12. The van der Waals surface area contributed by atoms with Crippen LogP contribution < -0.4 is 0 Å². The topological polar surface area (TPSA) is 100 Å². The first-order valence-corrected chi connectivity index (χ1v) is 30.1. The second-order valence-corrected chi connectivity index (χ2v) is 22.8. The third kappa shape index (κ3) is 8.69. The summed E-state index contributed by atoms with van der Waals surface area (Å²) in [6.07, 6.45) is 0. The maximum atomic E-state index is 6.24. The predicted octanol–water partition coefficient (Wildman–Crippen LogP) is 20.2. The molecule has 6 heterocycles. The number of furan rings is 1. The molecule has 18 rings (SSSR count). The van der Waals surface area contributed by atoms with E-state index in [1.807, 2.05) is 145 Å². The van der Waals surface area contributed by atoms with E-state index in [4.69, 9.17) is 34.3 Å². The summed E-state index contributed by atoms with van der Waals surface area (Å²) in [6, 6.07) is 100. The molecule has 0 aliphatic carbocycles. The number of aromatic nitrogens is 8. The van der Waals surface area contributed by atoms with E-state index in [1.165, 1.54) is 52.8 Å². The second-order valence-electron chi connectivity index (χ2n) is 21.7. The molecule has 412 valence electrons. The molecule has 9 nitrogen and oxygen atoms in total. The highest BCUT2D eigenvalue weighted by atomic mass is 32.1. The molecular formula is C78H48N8OS. The van der Waals surface area contributed by atoms with Crippen LogP contribution in [0.5, 0.6) is 0 Å². The molecule has 0 N–H and O–H groups in total. The van der Waals surface area contributed by atoms with Crippen molar-refractivity contribution in [3.8, 4) is 79.7 Å². The van der Waals surface area contributed by atoms with Crippen molar-refractivity contribution < 1.29 is 4.42 Å². The van der Waals surface area contributed by atoms with Crippen molar-refractivity contribution in [2.75, 3.05) is 0 Å². The van der Waals surface area contributed by atoms with Crippen molar-refractivity contribution in [2.24, 2.45) is 0 Å². The summed E-state index contributed by atoms with van der Waals surface area (Å²) < 4.78 is 13.6. The number of nitrogens with zero attached hydrogens (tertiary/aromatic N) is 8. The number of thiophene rings is 1. The summed E-state index contributed by atoms with van der Waals surface area (Å²) in [5, 5.41) is 9.89. The SMILES string of the molecule is c1ccc(-c2nc(-c3ccccc3)nc(-c3ccc(-n4c5ccccc5c5c6c(ccc54)oc4ccccc46)cc3)n2)cc1.c1ccc(-c2nc(-c3ccccc3)nc(-c3ccc(-n4c5ccccc5c5c6c(ccc54)sc4ccccc46)cc3)n2)cc1. The minimum atomic E-state index is 0.637. The molecule has 88 heavy (non-hydrogen) atoms. The average Bonchev–Trinajstić information content (AvgIpc) is 1.61. The second kappa shape index (κ2) is 21.1. The highest BCUT2D eigenvalue weighted by Gasteiger charge is 2.22. The maximum absolute atomic E-state index is 6.24. The molecule has 0 saturated heterocycles. The minimum absolute atomic E-state index is 0.637. The molecule has 0 aliphatic heterocycles. The van der Waals surface area contributed by atoms with Gasteiger partial charge in [-0.1, -0.05) is 194 Å². The van der Waals surface area contributed by atoms with E-state index in [0.29, 0.717) is 34.9 Å². The summed E-state index contributed by atoms with van der Waals surface area (Å²) >= 11 is 1.86. The van der Waals surface area contributed by atoms with E-state index >= 15 is 0 Å². The van der Waals surface area contributed by atoms with Crippen LogP contribution in [0.2, 0.25) is 0 Å². The lowest BCUT2D eigenvalue weighted by molar-refractivity contribution is 0.669. The van der Waals surface area contributed by atoms with E-state index in [9.17, 15) is 0 Å². The minimum Gasteiger partial charge on any atom is -0.456 e. The predicted molar refractivity (Wildman–Crippen MR) is 361 cm³/mol. The highest BCUT2D eigenvalue weighted by Crippen LogP contribution is 2.45. The number of hydrogen-bond acceptors (Lipinski definition) is 8. The molecule has 0 unspecified atom stereocenters. The third-order valence-electron chi connectivity index (χ3n) is 16.5. The van der Waals surface area contributed by atoms with Crippen LogP contribution in [-0.2, 0) is 0 Å². The Labute approximate surface area is 508 Å². The van der Waals surface area contributed by atoms with Crippen molar-refractivity contribution in [3.63, 3.8) is 0 Å². The number of para-hydroxylation sites is 3. The summed E-state index contributed by atoms with van der Waals surface area (Å²) in [5.74, 6) is 3.91. The summed E-state index contributed by atoms with van der Waals surface area (Å²) in [6.45, 7) is 0. The Hall–Kier alpha value is -11.7. The van der Waals surface area contributed by atoms with Crippen LogP contribution >= 0.6 is 11.3 Å². The molecule has 0 fully saturated rings. The largest absolute Gasteiger partial charge is 0.456 e. The molecule has 0 amide bonds. The van der Waals surface area contributed by atoms with Gasteiger partial charge in [0.25, 0.3) is 0 Å². The standard InChI is InChI=1S/C39H24N4O.C39H24N4S/c2*1-3-11-25(12-4-1)37-40-38(26-13-5-2-6-14-26)42-39(41-37)27-19-21-28(22-20-27)43-31-17-9-7-15-29(31)35-32(43)23-24-34-36(35)30-16-8-10-18-33(30)44-34/h2*1-24H. The first-order chi connectivity index (χ1) is 43.6. The fourth-order valence-corrected chi connectivity index (χ4v) is 13.6. The van der Waals surface area contributed by atoms with Crippen LogP contribution in [0.15, 0.2) is 296 Å². The third-order valence-corrected chi connectivity index (χ3v) is 17.7. The normalized spacial score (nSPS) is 11.6. The van der Waals surface area contributed by atoms with E-state index in [2.05, 4.69) is 167 Å². The molecule has 10 heteroatoms. The zero-order valence-electron chi connectivity index (χ0n) is 47.1. The van der Waals surface area contributed by atoms with Gasteiger partial charge in [0.15, 0.2) is 34.9 Å². The maximum Gasteiger partial charge on any atom is 0.164 e. The lowest BCUT2D eigenvalue weighted by Crippen LogP contribution is -2.00. The van der Waals surface area contributed by atoms with Gasteiger partial charge in [-0.2, -0.15) is 0 Å². The Morgan fingerprint density at radius 2 is 0.580 bits per heavy atom. The lowest BCUT2D eigenvalue weighted by Gasteiger charge is -2.11. The van der Waals surface area contributed by atoms with Gasteiger partial charge in [0, 0.05) is 97.2 Å². The van der Waals surface area contributed by atoms with Gasteiger partial charge >= 0.3 is 0 Å². The lowest BCUT2D eigenvalue weighted by atomic mass is 10.1. The fraction of sp³-hybridized carbons (Fsp3) is 0. The molecule has 0 radical (unpaired) electrons. The van der Waals surface area contributed by atoms with Crippen LogP contribution in [0.3, 0.4) is 0 Å². The monoisotopic (exact) mass is 1140 g/mol. The molecule has 0 spiro atoms. The van der Waals surface area contributed by atoms with Gasteiger partial charge in [-0.05, 0) is 97.1 Å². The van der Waals surface area contributed by atoms with Gasteiger partial charge in [-0.3, -0.25) is 0 Å². The van der Waals surface area contributed by atoms with Crippen LogP contribution in [0, 0.1) is 0 Å². The first kappa shape index (κ1) is 50.8. The number of rotatable bonds is 8. The van der Waals surface area contributed by atoms with E-state index < -0.39 is 0 Å². The Morgan fingerprint density at radius 1 is 0.227 bits per heavy atom. The van der Waals surface area contributed by atoms with E-state index in [1.54, 1.807) is 0 Å². The highest BCUT2D eigenvalue weighted by molar-refractivity contribution is 7.26. The van der Waals surface area contributed by atoms with Gasteiger partial charge < -0.3 is 13.6 Å². The summed E-state index contributed by atoms with van der Waals surface area (Å²) in [7, 11) is 0. The van der Waals surface area contributed by atoms with Gasteiger partial charge in [0.2, 0.25) is 0 Å². The van der Waals surface area contributed by atoms with Gasteiger partial charge in [-0.25, -0.2) is 29.9 Å². The first-order valence-electron chi connectivity index (χ1n) is 29.3. The molecule has 12 aromatic carbocycles. The summed E-state index contributed by atoms with van der Waals surface area (Å²) in [5.41, 5.74) is 14.3. The fourth-order valence-electron chi connectivity index (χ4n) is 12.5. The van der Waals surface area contributed by atoms with Crippen LogP contribution in [0.25, 0.3) is 165 Å². The van der Waals surface area contributed by atoms with Crippen molar-refractivity contribution in [1.29, 1.82) is 0 Å². The summed E-state index contributed by atoms with van der Waals surface area (Å²) in [4.78, 5) is 29.3. The molecule has 0 bridgehead atoms. The van der Waals surface area contributed by atoms with Crippen molar-refractivity contribution >= 4 is 97.1 Å². The Kier molecular flexibility index (Phi) is 12.2. The zero-order valence-corrected chi connectivity index (χ0v) is 47.9. The molecule has 18 aromatic rings. The van der Waals surface area contributed by atoms with E-state index in [-0.39, 0.29) is 0 Å². The van der Waals surface area contributed by atoms with Gasteiger partial charge in [0.05, 0.1) is 22.1 Å². The Balaban J connectivity index is 0.000000137. The van der Waals surface area contributed by atoms with Gasteiger partial charge in [-0.15, -0.1) is 11.3 Å². The van der Waals surface area contributed by atoms with E-state index in [0.717, 1.165) is 77.7 Å². The molecule has 0 aliphatic rings. The number of hydrogen-bond donors (Lipinski definition) is 0. The zero-order chi connectivity index (χ0) is 58.1. The van der Waals surface area contributed by atoms with Gasteiger partial charge in [0.1, 0.15) is 11.2 Å². The molecule has 0 atom stereocenters. The quantitative estimate of drug-likeness (QED) is 0.149. The Morgan fingerprint density at radius 3 is 1.03 bits per heavy atom. The smallest absolute Gasteiger partial charge is 0.164 e. The van der Waals surface area contributed by atoms with Crippen molar-refractivity contribution in [3.05, 3.63) is 291 Å². The van der Waals surface area contributed by atoms with Crippen LogP contribution in [-0.4, -0.2) is 39.0 Å². The van der Waals surface area contributed by atoms with Crippen LogP contribution in [0.1, 0.15) is 0 Å². The van der Waals surface area contributed by atoms with Crippen molar-refractivity contribution in [1.82, 2.24) is 39.0 Å². The molecule has 6 aromatic heterocycles. The Bertz CT molecular complexity index is 5200. The van der Waals surface area contributed by atoms with Crippen molar-refractivity contribution in [2.45, 2.75) is 0 Å². The van der Waals surface area contributed by atoms with Crippen LogP contribution in [0.4, 0.5) is 0 Å².